The zero-order chi connectivity index (χ0) is 22.9. The van der Waals surface area contributed by atoms with Crippen LogP contribution in [0, 0.1) is 0 Å². The molecule has 5 rings (SSSR count). The number of hydrogen-bond acceptors (Lipinski definition) is 4. The van der Waals surface area contributed by atoms with Gasteiger partial charge in [-0.3, -0.25) is 4.79 Å². The van der Waals surface area contributed by atoms with Crippen molar-refractivity contribution in [2.75, 3.05) is 12.4 Å². The Morgan fingerprint density at radius 1 is 1.09 bits per heavy atom. The second-order valence-electron chi connectivity index (χ2n) is 9.08. The average molecular weight is 446 g/mol. The summed E-state index contributed by atoms with van der Waals surface area (Å²) in [6, 6.07) is 17.8. The van der Waals surface area contributed by atoms with Crippen molar-refractivity contribution in [2.45, 2.75) is 57.2 Å². The summed E-state index contributed by atoms with van der Waals surface area (Å²) in [6.45, 7) is 1.63. The Hall–Kier alpha value is -3.41. The highest BCUT2D eigenvalue weighted by Crippen LogP contribution is 2.49. The number of amides is 1. The van der Waals surface area contributed by atoms with Crippen molar-refractivity contribution in [3.05, 3.63) is 77.0 Å². The molecule has 1 saturated carbocycles. The Bertz CT molecular complexity index is 1140. The second-order valence-corrected chi connectivity index (χ2v) is 9.08. The first-order chi connectivity index (χ1) is 16.1. The summed E-state index contributed by atoms with van der Waals surface area (Å²) in [5.74, 6) is 0.811. The van der Waals surface area contributed by atoms with Gasteiger partial charge in [0.1, 0.15) is 5.75 Å². The molecule has 1 aliphatic heterocycles. The molecule has 1 fully saturated rings. The van der Waals surface area contributed by atoms with Crippen LogP contribution in [0.15, 0.2) is 54.6 Å². The summed E-state index contributed by atoms with van der Waals surface area (Å²) in [5.41, 5.74) is 4.60. The summed E-state index contributed by atoms with van der Waals surface area (Å²) in [5, 5.41) is 15.0. The van der Waals surface area contributed by atoms with E-state index in [0.29, 0.717) is 12.2 Å². The molecule has 1 aliphatic carbocycles. The van der Waals surface area contributed by atoms with E-state index in [0.717, 1.165) is 53.8 Å². The molecule has 0 saturated heterocycles. The van der Waals surface area contributed by atoms with Crippen LogP contribution in [0.25, 0.3) is 0 Å². The smallest absolute Gasteiger partial charge is 0.220 e. The van der Waals surface area contributed by atoms with E-state index in [4.69, 9.17) is 4.74 Å². The minimum atomic E-state index is -0.449. The number of carbonyl (C=O) groups excluding carboxylic acids is 1. The van der Waals surface area contributed by atoms with Crippen molar-refractivity contribution < 1.29 is 14.6 Å². The molecule has 3 unspecified atom stereocenters. The Balaban J connectivity index is 1.72. The topological polar surface area (TPSA) is 77.6 Å². The molecule has 6 heteroatoms. The molecular weight excluding hydrogens is 414 g/mol. The molecule has 3 atom stereocenters. The Morgan fingerprint density at radius 3 is 2.58 bits per heavy atom. The SMILES string of the molecule is COc1ccccc1C1c2c(O)[nH]c(Cc3ccccc3)c2NC2CCCCC2N1C(C)=O. The van der Waals surface area contributed by atoms with Gasteiger partial charge < -0.3 is 25.0 Å². The Kier molecular flexibility index (Phi) is 5.75. The van der Waals surface area contributed by atoms with Gasteiger partial charge in [-0.2, -0.15) is 0 Å². The van der Waals surface area contributed by atoms with Crippen LogP contribution in [0.3, 0.4) is 0 Å². The number of aromatic hydroxyl groups is 1. The molecule has 1 aromatic heterocycles. The van der Waals surface area contributed by atoms with Gasteiger partial charge in [-0.25, -0.2) is 0 Å². The standard InChI is InChI=1S/C27H31N3O3/c1-17(31)30-22-14-8-7-13-20(22)28-25-21(16-18-10-4-3-5-11-18)29-27(32)24(25)26(30)19-12-6-9-15-23(19)33-2/h3-6,9-12,15,20,22,26,28-29,32H,7-8,13-14,16H2,1-2H3. The van der Waals surface area contributed by atoms with Crippen LogP contribution in [-0.2, 0) is 11.2 Å². The lowest BCUT2D eigenvalue weighted by Crippen LogP contribution is -2.50. The highest BCUT2D eigenvalue weighted by molar-refractivity contribution is 5.78. The van der Waals surface area contributed by atoms with E-state index in [2.05, 4.69) is 22.4 Å². The van der Waals surface area contributed by atoms with Gasteiger partial charge in [0.2, 0.25) is 5.91 Å². The van der Waals surface area contributed by atoms with Crippen LogP contribution in [0.1, 0.15) is 61.0 Å². The maximum Gasteiger partial charge on any atom is 0.220 e. The number of anilines is 1. The first kappa shape index (κ1) is 21.4. The van der Waals surface area contributed by atoms with E-state index in [-0.39, 0.29) is 23.9 Å². The minimum Gasteiger partial charge on any atom is -0.496 e. The lowest BCUT2D eigenvalue weighted by molar-refractivity contribution is -0.134. The van der Waals surface area contributed by atoms with Crippen molar-refractivity contribution >= 4 is 11.6 Å². The fourth-order valence-corrected chi connectivity index (χ4v) is 5.66. The van der Waals surface area contributed by atoms with E-state index in [9.17, 15) is 9.90 Å². The fraction of sp³-hybridized carbons (Fsp3) is 0.370. The molecular formula is C27H31N3O3. The van der Waals surface area contributed by atoms with Crippen LogP contribution in [0.4, 0.5) is 5.69 Å². The molecule has 2 heterocycles. The molecule has 2 aliphatic rings. The predicted molar refractivity (Wildman–Crippen MR) is 129 cm³/mol. The van der Waals surface area contributed by atoms with Crippen molar-refractivity contribution in [1.82, 2.24) is 9.88 Å². The number of benzene rings is 2. The van der Waals surface area contributed by atoms with Gasteiger partial charge in [0.25, 0.3) is 0 Å². The van der Waals surface area contributed by atoms with Gasteiger partial charge in [0.15, 0.2) is 5.88 Å². The lowest BCUT2D eigenvalue weighted by atomic mass is 9.87. The van der Waals surface area contributed by atoms with E-state index in [1.165, 1.54) is 0 Å². The summed E-state index contributed by atoms with van der Waals surface area (Å²) < 4.78 is 5.71. The molecule has 1 amide bonds. The number of rotatable bonds is 4. The molecule has 172 valence electrons. The molecule has 0 bridgehead atoms. The molecule has 3 N–H and O–H groups in total. The highest BCUT2D eigenvalue weighted by Gasteiger charge is 2.44. The quantitative estimate of drug-likeness (QED) is 0.528. The van der Waals surface area contributed by atoms with Gasteiger partial charge in [-0.05, 0) is 24.5 Å². The van der Waals surface area contributed by atoms with Crippen molar-refractivity contribution in [3.63, 3.8) is 0 Å². The number of para-hydroxylation sites is 1. The van der Waals surface area contributed by atoms with Gasteiger partial charge in [0.05, 0.1) is 30.4 Å². The summed E-state index contributed by atoms with van der Waals surface area (Å²) in [4.78, 5) is 18.4. The van der Waals surface area contributed by atoms with Crippen molar-refractivity contribution in [3.8, 4) is 11.6 Å². The third kappa shape index (κ3) is 3.84. The zero-order valence-corrected chi connectivity index (χ0v) is 19.2. The number of aromatic amines is 1. The summed E-state index contributed by atoms with van der Waals surface area (Å²) in [7, 11) is 1.65. The molecule has 0 spiro atoms. The summed E-state index contributed by atoms with van der Waals surface area (Å²) in [6.07, 6.45) is 4.80. The Morgan fingerprint density at radius 2 is 1.82 bits per heavy atom. The van der Waals surface area contributed by atoms with E-state index < -0.39 is 6.04 Å². The third-order valence-electron chi connectivity index (χ3n) is 7.08. The fourth-order valence-electron chi connectivity index (χ4n) is 5.66. The van der Waals surface area contributed by atoms with Crippen molar-refractivity contribution in [1.29, 1.82) is 0 Å². The number of methoxy groups -OCH3 is 1. The van der Waals surface area contributed by atoms with Crippen molar-refractivity contribution in [2.24, 2.45) is 0 Å². The normalized spacial score (nSPS) is 22.0. The number of hydrogen-bond donors (Lipinski definition) is 3. The number of fused-ring (bicyclic) bond motifs is 2. The number of H-pyrrole nitrogens is 1. The second kappa shape index (κ2) is 8.85. The molecule has 3 aromatic rings. The van der Waals surface area contributed by atoms with Gasteiger partial charge in [-0.15, -0.1) is 0 Å². The highest BCUT2D eigenvalue weighted by atomic mass is 16.5. The third-order valence-corrected chi connectivity index (χ3v) is 7.08. The predicted octanol–water partition coefficient (Wildman–Crippen LogP) is 4.99. The Labute approximate surface area is 194 Å². The zero-order valence-electron chi connectivity index (χ0n) is 19.2. The first-order valence-corrected chi connectivity index (χ1v) is 11.7. The number of nitrogens with one attached hydrogen (secondary N) is 2. The van der Waals surface area contributed by atoms with Crippen LogP contribution in [0.2, 0.25) is 0 Å². The maximum absolute atomic E-state index is 13.2. The number of aromatic nitrogens is 1. The first-order valence-electron chi connectivity index (χ1n) is 11.7. The number of carbonyl (C=O) groups is 1. The molecule has 0 radical (unpaired) electrons. The van der Waals surface area contributed by atoms with Crippen LogP contribution < -0.4 is 10.1 Å². The number of nitrogens with zero attached hydrogens (tertiary/aromatic N) is 1. The monoisotopic (exact) mass is 445 g/mol. The largest absolute Gasteiger partial charge is 0.496 e. The lowest BCUT2D eigenvalue weighted by Gasteiger charge is -2.41. The van der Waals surface area contributed by atoms with Gasteiger partial charge in [0, 0.05) is 30.6 Å². The molecule has 2 aromatic carbocycles. The van der Waals surface area contributed by atoms with Gasteiger partial charge >= 0.3 is 0 Å². The van der Waals surface area contributed by atoms with E-state index >= 15 is 0 Å². The minimum absolute atomic E-state index is 0.00247. The van der Waals surface area contributed by atoms with E-state index in [1.807, 2.05) is 47.4 Å². The van der Waals surface area contributed by atoms with Gasteiger partial charge in [-0.1, -0.05) is 61.4 Å². The van der Waals surface area contributed by atoms with Crippen LogP contribution in [-0.4, -0.2) is 40.1 Å². The van der Waals surface area contributed by atoms with E-state index in [1.54, 1.807) is 14.0 Å². The summed E-state index contributed by atoms with van der Waals surface area (Å²) >= 11 is 0. The molecule has 33 heavy (non-hydrogen) atoms. The molecule has 6 nitrogen and oxygen atoms in total. The van der Waals surface area contributed by atoms with Crippen LogP contribution >= 0.6 is 0 Å². The maximum atomic E-state index is 13.2. The number of ether oxygens (including phenoxy) is 1. The average Bonchev–Trinajstić information content (AvgIpc) is 3.03. The van der Waals surface area contributed by atoms with Crippen LogP contribution in [0.5, 0.6) is 11.6 Å².